The molecule has 0 aliphatic heterocycles. The molecule has 0 spiro atoms. The van der Waals surface area contributed by atoms with Crippen LogP contribution < -0.4 is 0 Å². The smallest absolute Gasteiger partial charge is 0.311 e. The molecule has 2 aliphatic rings. The van der Waals surface area contributed by atoms with Crippen molar-refractivity contribution in [2.75, 3.05) is 14.2 Å². The maximum Gasteiger partial charge on any atom is 0.311 e. The molecule has 0 aromatic carbocycles. The Morgan fingerprint density at radius 1 is 1.11 bits per heavy atom. The van der Waals surface area contributed by atoms with Crippen molar-refractivity contribution in [2.45, 2.75) is 44.1 Å². The molecule has 108 valence electrons. The molecule has 0 radical (unpaired) electrons. The van der Waals surface area contributed by atoms with Crippen LogP contribution in [0.3, 0.4) is 0 Å². The summed E-state index contributed by atoms with van der Waals surface area (Å²) in [4.78, 5) is 23.7. The van der Waals surface area contributed by atoms with Crippen LogP contribution in [0.15, 0.2) is 0 Å². The van der Waals surface area contributed by atoms with Gasteiger partial charge in [0.2, 0.25) is 0 Å². The Labute approximate surface area is 113 Å². The molecule has 0 aromatic heterocycles. The molecule has 5 heteroatoms. The van der Waals surface area contributed by atoms with E-state index in [0.717, 1.165) is 19.3 Å². The molecule has 1 N–H and O–H groups in total. The van der Waals surface area contributed by atoms with E-state index in [1.165, 1.54) is 14.2 Å². The predicted molar refractivity (Wildman–Crippen MR) is 67.2 cm³/mol. The first-order valence-corrected chi connectivity index (χ1v) is 6.91. The Morgan fingerprint density at radius 2 is 1.79 bits per heavy atom. The summed E-state index contributed by atoms with van der Waals surface area (Å²) in [6, 6.07) is 0. The number of ether oxygens (including phenoxy) is 2. The molecule has 0 aromatic rings. The van der Waals surface area contributed by atoms with Crippen molar-refractivity contribution in [3.05, 3.63) is 0 Å². The second-order valence-electron chi connectivity index (χ2n) is 5.70. The average molecular weight is 270 g/mol. The van der Waals surface area contributed by atoms with Gasteiger partial charge >= 0.3 is 11.9 Å². The molecular weight excluding hydrogens is 248 g/mol. The fourth-order valence-corrected chi connectivity index (χ4v) is 3.76. The predicted octanol–water partition coefficient (Wildman–Crippen LogP) is 1.28. The van der Waals surface area contributed by atoms with Crippen molar-refractivity contribution in [3.8, 4) is 0 Å². The quantitative estimate of drug-likeness (QED) is 0.765. The molecule has 0 saturated heterocycles. The van der Waals surface area contributed by atoms with Crippen molar-refractivity contribution in [2.24, 2.45) is 17.8 Å². The highest BCUT2D eigenvalue weighted by Gasteiger charge is 2.54. The van der Waals surface area contributed by atoms with Gasteiger partial charge in [0.15, 0.2) is 0 Å². The Kier molecular flexibility index (Phi) is 4.13. The summed E-state index contributed by atoms with van der Waals surface area (Å²) in [7, 11) is 2.68. The van der Waals surface area contributed by atoms with Crippen molar-refractivity contribution in [1.29, 1.82) is 0 Å². The van der Waals surface area contributed by atoms with Gasteiger partial charge in [0.1, 0.15) is 0 Å². The molecule has 19 heavy (non-hydrogen) atoms. The van der Waals surface area contributed by atoms with Crippen LogP contribution in [-0.4, -0.2) is 36.9 Å². The summed E-state index contributed by atoms with van der Waals surface area (Å²) in [6.07, 6.45) is 4.37. The first-order chi connectivity index (χ1) is 9.02. The van der Waals surface area contributed by atoms with E-state index in [2.05, 4.69) is 0 Å². The van der Waals surface area contributed by atoms with Crippen LogP contribution in [0.5, 0.6) is 0 Å². The largest absolute Gasteiger partial charge is 0.469 e. The maximum absolute atomic E-state index is 11.9. The van der Waals surface area contributed by atoms with Gasteiger partial charge in [-0.3, -0.25) is 9.59 Å². The van der Waals surface area contributed by atoms with Gasteiger partial charge in [-0.1, -0.05) is 12.8 Å². The number of methoxy groups -OCH3 is 2. The van der Waals surface area contributed by atoms with Gasteiger partial charge in [-0.2, -0.15) is 0 Å². The van der Waals surface area contributed by atoms with E-state index in [1.807, 2.05) is 0 Å². The zero-order valence-electron chi connectivity index (χ0n) is 11.6. The van der Waals surface area contributed by atoms with E-state index in [-0.39, 0.29) is 17.8 Å². The monoisotopic (exact) mass is 270 g/mol. The number of fused-ring (bicyclic) bond motifs is 1. The van der Waals surface area contributed by atoms with E-state index in [9.17, 15) is 14.7 Å². The van der Waals surface area contributed by atoms with Crippen LogP contribution in [0.1, 0.15) is 38.5 Å². The lowest BCUT2D eigenvalue weighted by atomic mass is 9.59. The SMILES string of the molecule is COC(=O)[C@H]1C[C@H]2CCCC[C@]2(O)[C@@H](C(=O)OC)C1. The zero-order chi connectivity index (χ0) is 14.0. The molecule has 0 heterocycles. The Balaban J connectivity index is 2.25. The lowest BCUT2D eigenvalue weighted by molar-refractivity contribution is -0.180. The molecule has 0 bridgehead atoms. The third-order valence-electron chi connectivity index (χ3n) is 4.80. The number of aliphatic hydroxyl groups is 1. The van der Waals surface area contributed by atoms with Crippen molar-refractivity contribution in [1.82, 2.24) is 0 Å². The van der Waals surface area contributed by atoms with Crippen LogP contribution in [0.2, 0.25) is 0 Å². The Hall–Kier alpha value is -1.10. The maximum atomic E-state index is 11.9. The van der Waals surface area contributed by atoms with Crippen molar-refractivity contribution >= 4 is 11.9 Å². The number of carbonyl (C=O) groups is 2. The molecular formula is C14H22O5. The number of esters is 2. The van der Waals surface area contributed by atoms with E-state index in [4.69, 9.17) is 9.47 Å². The van der Waals surface area contributed by atoms with Crippen LogP contribution in [0, 0.1) is 17.8 Å². The molecule has 2 saturated carbocycles. The third kappa shape index (κ3) is 2.48. The van der Waals surface area contributed by atoms with Crippen LogP contribution in [0.25, 0.3) is 0 Å². The Bertz CT molecular complexity index is 367. The molecule has 5 nitrogen and oxygen atoms in total. The highest BCUT2D eigenvalue weighted by Crippen LogP contribution is 2.49. The summed E-state index contributed by atoms with van der Waals surface area (Å²) < 4.78 is 9.61. The van der Waals surface area contributed by atoms with Crippen LogP contribution in [-0.2, 0) is 19.1 Å². The lowest BCUT2D eigenvalue weighted by Crippen LogP contribution is -2.55. The van der Waals surface area contributed by atoms with E-state index in [0.29, 0.717) is 19.3 Å². The molecule has 2 fully saturated rings. The third-order valence-corrected chi connectivity index (χ3v) is 4.80. The van der Waals surface area contributed by atoms with E-state index < -0.39 is 17.5 Å². The standard InChI is InChI=1S/C14H22O5/c1-18-12(15)9-7-10-5-3-4-6-14(10,17)11(8-9)13(16)19-2/h9-11,17H,3-8H2,1-2H3/t9-,10+,11+,14+/m0/s1. The molecule has 2 aliphatic carbocycles. The highest BCUT2D eigenvalue weighted by molar-refractivity contribution is 5.77. The van der Waals surface area contributed by atoms with Crippen molar-refractivity contribution < 1.29 is 24.2 Å². The second-order valence-corrected chi connectivity index (χ2v) is 5.70. The summed E-state index contributed by atoms with van der Waals surface area (Å²) in [5, 5.41) is 10.9. The topological polar surface area (TPSA) is 72.8 Å². The summed E-state index contributed by atoms with van der Waals surface area (Å²) in [5.74, 6) is -1.63. The van der Waals surface area contributed by atoms with Gasteiger partial charge in [-0.15, -0.1) is 0 Å². The molecule has 0 unspecified atom stereocenters. The lowest BCUT2D eigenvalue weighted by Gasteiger charge is -2.49. The number of hydrogen-bond donors (Lipinski definition) is 1. The van der Waals surface area contributed by atoms with Gasteiger partial charge in [-0.05, 0) is 31.6 Å². The number of hydrogen-bond acceptors (Lipinski definition) is 5. The Morgan fingerprint density at radius 3 is 2.42 bits per heavy atom. The van der Waals surface area contributed by atoms with Gasteiger partial charge < -0.3 is 14.6 Å². The molecule has 0 amide bonds. The minimum atomic E-state index is -1.00. The summed E-state index contributed by atoms with van der Waals surface area (Å²) >= 11 is 0. The number of rotatable bonds is 2. The first-order valence-electron chi connectivity index (χ1n) is 6.91. The van der Waals surface area contributed by atoms with Crippen LogP contribution >= 0.6 is 0 Å². The fourth-order valence-electron chi connectivity index (χ4n) is 3.76. The summed E-state index contributed by atoms with van der Waals surface area (Å²) in [5.41, 5.74) is -1.00. The minimum absolute atomic E-state index is 0.0109. The average Bonchev–Trinajstić information content (AvgIpc) is 2.44. The fraction of sp³-hybridized carbons (Fsp3) is 0.857. The van der Waals surface area contributed by atoms with Gasteiger partial charge in [0.05, 0.1) is 31.7 Å². The van der Waals surface area contributed by atoms with Crippen molar-refractivity contribution in [3.63, 3.8) is 0 Å². The summed E-state index contributed by atoms with van der Waals surface area (Å²) in [6.45, 7) is 0. The van der Waals surface area contributed by atoms with Crippen LogP contribution in [0.4, 0.5) is 0 Å². The van der Waals surface area contributed by atoms with E-state index >= 15 is 0 Å². The minimum Gasteiger partial charge on any atom is -0.469 e. The zero-order valence-corrected chi connectivity index (χ0v) is 11.6. The highest BCUT2D eigenvalue weighted by atomic mass is 16.5. The van der Waals surface area contributed by atoms with Gasteiger partial charge in [0.25, 0.3) is 0 Å². The number of carbonyl (C=O) groups excluding carboxylic acids is 2. The normalized spacial score (nSPS) is 38.2. The van der Waals surface area contributed by atoms with Gasteiger partial charge in [0, 0.05) is 0 Å². The second kappa shape index (κ2) is 5.49. The molecule has 4 atom stereocenters. The van der Waals surface area contributed by atoms with Gasteiger partial charge in [-0.25, -0.2) is 0 Å². The first kappa shape index (κ1) is 14.3. The van der Waals surface area contributed by atoms with E-state index in [1.54, 1.807) is 0 Å². The molecule has 2 rings (SSSR count).